The lowest BCUT2D eigenvalue weighted by atomic mass is 10.2. The molecule has 0 aliphatic rings. The minimum Gasteiger partial charge on any atom is -0.280 e. The Morgan fingerprint density at radius 3 is 2.65 bits per heavy atom. The number of thioether (sulfide) groups is 1. The van der Waals surface area contributed by atoms with Crippen molar-refractivity contribution in [2.45, 2.75) is 6.42 Å². The number of pyridine rings is 2. The topological polar surface area (TPSA) is 42.9 Å². The zero-order chi connectivity index (χ0) is 11.9. The summed E-state index contributed by atoms with van der Waals surface area (Å²) in [6.45, 7) is 0. The van der Waals surface area contributed by atoms with E-state index in [0.29, 0.717) is 5.69 Å². The first-order valence-electron chi connectivity index (χ1n) is 5.33. The number of hydrogen-bond donors (Lipinski definition) is 0. The van der Waals surface area contributed by atoms with Crippen LogP contribution in [0.3, 0.4) is 0 Å². The molecule has 2 heterocycles. The van der Waals surface area contributed by atoms with E-state index in [1.807, 2.05) is 18.2 Å². The van der Waals surface area contributed by atoms with Crippen molar-refractivity contribution in [2.24, 2.45) is 0 Å². The lowest BCUT2D eigenvalue weighted by molar-refractivity contribution is 0.108. The highest BCUT2D eigenvalue weighted by atomic mass is 32.2. The molecule has 3 nitrogen and oxygen atoms in total. The van der Waals surface area contributed by atoms with Gasteiger partial charge in [0.05, 0.1) is 0 Å². The number of carbonyl (C=O) groups excluding carboxylic acids is 1. The Bertz CT molecular complexity index is 473. The highest BCUT2D eigenvalue weighted by Gasteiger charge is 2.06. The van der Waals surface area contributed by atoms with Crippen LogP contribution in [0.15, 0.2) is 48.9 Å². The van der Waals surface area contributed by atoms with Crippen molar-refractivity contribution < 1.29 is 4.79 Å². The van der Waals surface area contributed by atoms with Gasteiger partial charge in [0, 0.05) is 24.3 Å². The number of aromatic nitrogens is 2. The summed E-state index contributed by atoms with van der Waals surface area (Å²) in [6, 6.07) is 9.29. The van der Waals surface area contributed by atoms with Crippen molar-refractivity contribution >= 4 is 16.9 Å². The van der Waals surface area contributed by atoms with Gasteiger partial charge in [-0.05, 0) is 36.2 Å². The fourth-order valence-corrected chi connectivity index (χ4v) is 2.16. The molecule has 2 aromatic heterocycles. The van der Waals surface area contributed by atoms with E-state index < -0.39 is 0 Å². The van der Waals surface area contributed by atoms with E-state index in [0.717, 1.165) is 12.2 Å². The number of hydrogen-bond acceptors (Lipinski definition) is 4. The maximum Gasteiger partial charge on any atom is 0.237 e. The van der Waals surface area contributed by atoms with Gasteiger partial charge in [-0.1, -0.05) is 17.8 Å². The average Bonchev–Trinajstić information content (AvgIpc) is 2.41. The molecule has 0 aliphatic carbocycles. The number of aryl methyl sites for hydroxylation is 1. The molecule has 0 radical (unpaired) electrons. The Morgan fingerprint density at radius 1 is 1.12 bits per heavy atom. The van der Waals surface area contributed by atoms with E-state index >= 15 is 0 Å². The summed E-state index contributed by atoms with van der Waals surface area (Å²) in [6.07, 6.45) is 6.03. The third kappa shape index (κ3) is 3.67. The Kier molecular flexibility index (Phi) is 4.27. The molecule has 0 fully saturated rings. The molecule has 0 atom stereocenters. The Morgan fingerprint density at radius 2 is 1.94 bits per heavy atom. The summed E-state index contributed by atoms with van der Waals surface area (Å²) in [4.78, 5) is 19.7. The first-order chi connectivity index (χ1) is 8.36. The predicted molar refractivity (Wildman–Crippen MR) is 69.0 cm³/mol. The largest absolute Gasteiger partial charge is 0.280 e. The van der Waals surface area contributed by atoms with Gasteiger partial charge in [-0.15, -0.1) is 0 Å². The van der Waals surface area contributed by atoms with Crippen LogP contribution in [-0.2, 0) is 6.42 Å². The van der Waals surface area contributed by atoms with Crippen molar-refractivity contribution in [2.75, 3.05) is 5.75 Å². The van der Waals surface area contributed by atoms with Crippen molar-refractivity contribution in [3.05, 3.63) is 60.2 Å². The monoisotopic (exact) mass is 244 g/mol. The van der Waals surface area contributed by atoms with Gasteiger partial charge in [-0.2, -0.15) is 0 Å². The van der Waals surface area contributed by atoms with Crippen LogP contribution in [0.25, 0.3) is 0 Å². The molecule has 0 unspecified atom stereocenters. The lowest BCUT2D eigenvalue weighted by Gasteiger charge is -2.00. The molecule has 86 valence electrons. The van der Waals surface area contributed by atoms with Crippen LogP contribution in [0, 0.1) is 0 Å². The van der Waals surface area contributed by atoms with E-state index in [9.17, 15) is 4.79 Å². The van der Waals surface area contributed by atoms with Gasteiger partial charge in [-0.3, -0.25) is 14.8 Å². The fourth-order valence-electron chi connectivity index (χ4n) is 1.37. The first kappa shape index (κ1) is 11.8. The van der Waals surface area contributed by atoms with Gasteiger partial charge < -0.3 is 0 Å². The smallest absolute Gasteiger partial charge is 0.237 e. The summed E-state index contributed by atoms with van der Waals surface area (Å²) >= 11 is 1.30. The maximum absolute atomic E-state index is 11.7. The molecular weight excluding hydrogens is 232 g/mol. The molecular formula is C13H12N2OS. The molecule has 0 aromatic carbocycles. The Labute approximate surface area is 104 Å². The van der Waals surface area contributed by atoms with Crippen LogP contribution in [-0.4, -0.2) is 20.8 Å². The normalized spacial score (nSPS) is 10.1. The summed E-state index contributed by atoms with van der Waals surface area (Å²) in [5, 5.41) is 0.0275. The second kappa shape index (κ2) is 6.15. The van der Waals surface area contributed by atoms with Gasteiger partial charge in [0.25, 0.3) is 0 Å². The molecule has 17 heavy (non-hydrogen) atoms. The Hall–Kier alpha value is -1.68. The highest BCUT2D eigenvalue weighted by molar-refractivity contribution is 8.14. The molecule has 0 amide bonds. The number of rotatable bonds is 4. The molecule has 0 saturated carbocycles. The van der Waals surface area contributed by atoms with Crippen LogP contribution in [0.5, 0.6) is 0 Å². The number of carbonyl (C=O) groups is 1. The molecule has 0 spiro atoms. The van der Waals surface area contributed by atoms with Crippen molar-refractivity contribution in [1.29, 1.82) is 0 Å². The second-order valence-electron chi connectivity index (χ2n) is 3.46. The Balaban J connectivity index is 1.82. The van der Waals surface area contributed by atoms with Crippen molar-refractivity contribution in [3.63, 3.8) is 0 Å². The van der Waals surface area contributed by atoms with Crippen LogP contribution < -0.4 is 0 Å². The molecule has 0 saturated heterocycles. The molecule has 0 N–H and O–H groups in total. The molecule has 0 aliphatic heterocycles. The van der Waals surface area contributed by atoms with E-state index in [1.165, 1.54) is 17.3 Å². The third-order valence-electron chi connectivity index (χ3n) is 2.25. The van der Waals surface area contributed by atoms with E-state index in [4.69, 9.17) is 0 Å². The zero-order valence-electron chi connectivity index (χ0n) is 9.24. The zero-order valence-corrected chi connectivity index (χ0v) is 10.1. The predicted octanol–water partition coefficient (Wildman–Crippen LogP) is 2.59. The maximum atomic E-state index is 11.7. The quantitative estimate of drug-likeness (QED) is 0.829. The average molecular weight is 244 g/mol. The summed E-state index contributed by atoms with van der Waals surface area (Å²) in [5.74, 6) is 0.763. The second-order valence-corrected chi connectivity index (χ2v) is 4.52. The van der Waals surface area contributed by atoms with Crippen molar-refractivity contribution in [1.82, 2.24) is 9.97 Å². The van der Waals surface area contributed by atoms with E-state index in [2.05, 4.69) is 9.97 Å². The third-order valence-corrected chi connectivity index (χ3v) is 3.13. The first-order valence-corrected chi connectivity index (χ1v) is 6.32. The minimum absolute atomic E-state index is 0.0275. The SMILES string of the molecule is O=C(SCCc1ccncc1)c1ccccn1. The lowest BCUT2D eigenvalue weighted by Crippen LogP contribution is -1.99. The summed E-state index contributed by atoms with van der Waals surface area (Å²) in [5.41, 5.74) is 1.72. The van der Waals surface area contributed by atoms with Crippen LogP contribution >= 0.6 is 11.8 Å². The van der Waals surface area contributed by atoms with Crippen LogP contribution in [0.2, 0.25) is 0 Å². The van der Waals surface area contributed by atoms with Gasteiger partial charge in [0.2, 0.25) is 5.12 Å². The van der Waals surface area contributed by atoms with E-state index in [1.54, 1.807) is 30.7 Å². The summed E-state index contributed by atoms with van der Waals surface area (Å²) < 4.78 is 0. The van der Waals surface area contributed by atoms with Gasteiger partial charge >= 0.3 is 0 Å². The van der Waals surface area contributed by atoms with Crippen molar-refractivity contribution in [3.8, 4) is 0 Å². The van der Waals surface area contributed by atoms with Crippen LogP contribution in [0.4, 0.5) is 0 Å². The number of nitrogens with zero attached hydrogens (tertiary/aromatic N) is 2. The fraction of sp³-hybridized carbons (Fsp3) is 0.154. The molecule has 2 rings (SSSR count). The van der Waals surface area contributed by atoms with Gasteiger partial charge in [-0.25, -0.2) is 0 Å². The minimum atomic E-state index is 0.0275. The summed E-state index contributed by atoms with van der Waals surface area (Å²) in [7, 11) is 0. The molecule has 4 heteroatoms. The van der Waals surface area contributed by atoms with Gasteiger partial charge in [0.15, 0.2) is 0 Å². The van der Waals surface area contributed by atoms with Gasteiger partial charge in [0.1, 0.15) is 5.69 Å². The van der Waals surface area contributed by atoms with Crippen LogP contribution in [0.1, 0.15) is 16.1 Å². The van der Waals surface area contributed by atoms with E-state index in [-0.39, 0.29) is 5.12 Å². The molecule has 0 bridgehead atoms. The highest BCUT2D eigenvalue weighted by Crippen LogP contribution is 2.12. The molecule has 2 aromatic rings. The standard InChI is InChI=1S/C13H12N2OS/c16-13(12-3-1-2-7-15-12)17-10-6-11-4-8-14-9-5-11/h1-5,7-9H,6,10H2.